The lowest BCUT2D eigenvalue weighted by atomic mass is 10.2. The topological polar surface area (TPSA) is 143 Å². The first kappa shape index (κ1) is 28.8. The van der Waals surface area contributed by atoms with Gasteiger partial charge >= 0.3 is 6.18 Å². The van der Waals surface area contributed by atoms with Crippen molar-refractivity contribution < 1.29 is 22.5 Å². The van der Waals surface area contributed by atoms with Crippen LogP contribution in [0.3, 0.4) is 0 Å². The van der Waals surface area contributed by atoms with Crippen molar-refractivity contribution in [3.63, 3.8) is 0 Å². The molecule has 0 spiro atoms. The van der Waals surface area contributed by atoms with Crippen molar-refractivity contribution in [1.29, 1.82) is 0 Å². The van der Waals surface area contributed by atoms with Crippen LogP contribution in [0, 0.1) is 15.9 Å². The van der Waals surface area contributed by atoms with Crippen molar-refractivity contribution in [2.45, 2.75) is 6.18 Å². The molecule has 2 aromatic heterocycles. The molecule has 2 heterocycles. The van der Waals surface area contributed by atoms with Crippen molar-refractivity contribution >= 4 is 90.5 Å². The molecule has 214 valence electrons. The van der Waals surface area contributed by atoms with E-state index in [2.05, 4.69) is 41.2 Å². The fraction of sp³-hybridized carbons (Fsp3) is 0.0417. The molecule has 0 saturated carbocycles. The lowest BCUT2D eigenvalue weighted by Gasteiger charge is -2.14. The van der Waals surface area contributed by atoms with E-state index in [1.165, 1.54) is 30.3 Å². The van der Waals surface area contributed by atoms with Crippen LogP contribution in [-0.4, -0.2) is 30.0 Å². The maximum atomic E-state index is 14.1. The van der Waals surface area contributed by atoms with Crippen LogP contribution >= 0.6 is 35.2 Å². The molecule has 5 rings (SSSR count). The van der Waals surface area contributed by atoms with Crippen molar-refractivity contribution in [1.82, 2.24) is 19.9 Å². The van der Waals surface area contributed by atoms with Crippen LogP contribution in [0.25, 0.3) is 10.2 Å². The molecule has 18 heteroatoms. The molecular weight excluding hydrogens is 622 g/mol. The Kier molecular flexibility index (Phi) is 7.97. The maximum absolute atomic E-state index is 14.1. The van der Waals surface area contributed by atoms with E-state index in [1.807, 2.05) is 0 Å². The molecule has 4 N–H and O–H groups in total. The number of nitro benzene ring substituents is 1. The number of nitrogens with one attached hydrogen (secondary N) is 4. The van der Waals surface area contributed by atoms with E-state index in [1.54, 1.807) is 12.1 Å². The molecule has 0 bridgehead atoms. The maximum Gasteiger partial charge on any atom is 0.416 e. The largest absolute Gasteiger partial charge is 0.416 e. The van der Waals surface area contributed by atoms with Crippen LogP contribution < -0.4 is 21.3 Å². The summed E-state index contributed by atoms with van der Waals surface area (Å²) in [6.45, 7) is 0. The van der Waals surface area contributed by atoms with Crippen LogP contribution in [0.2, 0.25) is 5.02 Å². The molecule has 0 fully saturated rings. The Bertz CT molecular complexity index is 1840. The second-order valence-electron chi connectivity index (χ2n) is 8.21. The highest BCUT2D eigenvalue weighted by atomic mass is 35.5. The summed E-state index contributed by atoms with van der Waals surface area (Å²) >= 11 is 12.4. The molecule has 11 nitrogen and oxygen atoms in total. The minimum atomic E-state index is -4.60. The van der Waals surface area contributed by atoms with Crippen LogP contribution in [0.1, 0.15) is 5.56 Å². The predicted octanol–water partition coefficient (Wildman–Crippen LogP) is 7.50. The average molecular weight is 636 g/mol. The summed E-state index contributed by atoms with van der Waals surface area (Å²) in [6, 6.07) is 12.9. The zero-order valence-corrected chi connectivity index (χ0v) is 22.9. The summed E-state index contributed by atoms with van der Waals surface area (Å²) in [5, 5.41) is 22.2. The number of para-hydroxylation sites is 2. The molecule has 0 atom stereocenters. The second-order valence-corrected chi connectivity index (χ2v) is 10.1. The van der Waals surface area contributed by atoms with Crippen LogP contribution in [0.5, 0.6) is 0 Å². The van der Waals surface area contributed by atoms with E-state index in [0.29, 0.717) is 4.70 Å². The molecule has 0 aliphatic heterocycles. The number of nitrogens with zero attached hydrogens (tertiary/aromatic N) is 5. The summed E-state index contributed by atoms with van der Waals surface area (Å²) in [7, 11) is 0. The highest BCUT2D eigenvalue weighted by molar-refractivity contribution is 7.80. The average Bonchev–Trinajstić information content (AvgIpc) is 3.32. The minimum Gasteiger partial charge on any atom is -0.330 e. The molecule has 0 unspecified atom stereocenters. The minimum absolute atomic E-state index is 0.0513. The van der Waals surface area contributed by atoms with E-state index in [0.717, 1.165) is 29.5 Å². The number of anilines is 6. The number of hydrogen-bond acceptors (Lipinski definition) is 10. The first-order chi connectivity index (χ1) is 20.0. The van der Waals surface area contributed by atoms with Gasteiger partial charge in [-0.25, -0.2) is 9.37 Å². The molecule has 0 radical (unpaired) electrons. The van der Waals surface area contributed by atoms with Gasteiger partial charge in [0.2, 0.25) is 17.8 Å². The van der Waals surface area contributed by atoms with E-state index >= 15 is 0 Å². The van der Waals surface area contributed by atoms with Gasteiger partial charge in [-0.3, -0.25) is 15.4 Å². The van der Waals surface area contributed by atoms with Crippen LogP contribution in [-0.2, 0) is 6.18 Å². The summed E-state index contributed by atoms with van der Waals surface area (Å²) in [5.74, 6) is -1.01. The number of halogens is 5. The number of hydrogen-bond donors (Lipinski definition) is 4. The Morgan fingerprint density at radius 3 is 2.31 bits per heavy atom. The number of fused-ring (bicyclic) bond motifs is 1. The Morgan fingerprint density at radius 2 is 1.62 bits per heavy atom. The van der Waals surface area contributed by atoms with Gasteiger partial charge < -0.3 is 16.0 Å². The lowest BCUT2D eigenvalue weighted by molar-refractivity contribution is -0.383. The molecule has 0 saturated heterocycles. The molecule has 3 aromatic carbocycles. The van der Waals surface area contributed by atoms with Gasteiger partial charge in [-0.1, -0.05) is 41.1 Å². The van der Waals surface area contributed by atoms with Gasteiger partial charge in [-0.15, -0.1) is 0 Å². The fourth-order valence-electron chi connectivity index (χ4n) is 3.51. The van der Waals surface area contributed by atoms with Gasteiger partial charge in [0.05, 0.1) is 31.6 Å². The smallest absolute Gasteiger partial charge is 0.330 e. The third-order valence-corrected chi connectivity index (χ3v) is 6.79. The summed E-state index contributed by atoms with van der Waals surface area (Å²) < 4.78 is 53.8. The van der Waals surface area contributed by atoms with Crippen LogP contribution in [0.15, 0.2) is 60.7 Å². The number of benzene rings is 3. The number of thiazole rings is 1. The van der Waals surface area contributed by atoms with E-state index in [9.17, 15) is 27.7 Å². The third-order valence-electron chi connectivity index (χ3n) is 5.34. The van der Waals surface area contributed by atoms with Gasteiger partial charge in [0.15, 0.2) is 15.8 Å². The normalized spacial score (nSPS) is 11.3. The van der Waals surface area contributed by atoms with Crippen molar-refractivity contribution in [3.05, 3.63) is 87.2 Å². The number of non-ortho nitro benzene ring substituents is 1. The molecule has 42 heavy (non-hydrogen) atoms. The fourth-order valence-corrected chi connectivity index (χ4v) is 4.82. The summed E-state index contributed by atoms with van der Waals surface area (Å²) in [6.07, 6.45) is -4.60. The van der Waals surface area contributed by atoms with Crippen molar-refractivity contribution in [2.75, 3.05) is 21.3 Å². The van der Waals surface area contributed by atoms with E-state index in [4.69, 9.17) is 23.8 Å². The third kappa shape index (κ3) is 6.59. The molecule has 0 amide bonds. The Labute approximate surface area is 247 Å². The first-order valence-electron chi connectivity index (χ1n) is 11.5. The van der Waals surface area contributed by atoms with E-state index in [-0.39, 0.29) is 55.7 Å². The number of alkyl halides is 3. The van der Waals surface area contributed by atoms with Gasteiger partial charge in [0.1, 0.15) is 5.82 Å². The summed E-state index contributed by atoms with van der Waals surface area (Å²) in [4.78, 5) is 27.7. The number of thiocarbonyl (C=S) groups is 1. The molecule has 0 aliphatic rings. The van der Waals surface area contributed by atoms with Crippen molar-refractivity contribution in [3.8, 4) is 0 Å². The zero-order chi connectivity index (χ0) is 30.0. The van der Waals surface area contributed by atoms with Gasteiger partial charge in [0.25, 0.3) is 5.69 Å². The van der Waals surface area contributed by atoms with E-state index < -0.39 is 22.5 Å². The first-order valence-corrected chi connectivity index (χ1v) is 13.1. The molecule has 5 aromatic rings. The Balaban J connectivity index is 1.47. The Hall–Kier alpha value is -4.74. The summed E-state index contributed by atoms with van der Waals surface area (Å²) in [5.41, 5.74) is -0.872. The molecule has 0 aliphatic carbocycles. The predicted molar refractivity (Wildman–Crippen MR) is 155 cm³/mol. The van der Waals surface area contributed by atoms with Gasteiger partial charge in [-0.05, 0) is 48.6 Å². The van der Waals surface area contributed by atoms with Crippen molar-refractivity contribution in [2.24, 2.45) is 0 Å². The number of aromatic nitrogens is 4. The highest BCUT2D eigenvalue weighted by Gasteiger charge is 2.31. The Morgan fingerprint density at radius 1 is 0.905 bits per heavy atom. The highest BCUT2D eigenvalue weighted by Crippen LogP contribution is 2.35. The standard InChI is InChI=1S/C24H14ClF4N9O2S2/c25-12-10-11(24(27,28)29)8-9-14(12)30-19-33-20(36-22(41)31-15-5-2-1-4-13(15)26)35-21(34-19)37-23-32-18-16(38(39)40)6-3-7-17(18)42-23/h1-10H,(H4,30,31,32,33,34,35,36,37,41). The van der Waals surface area contributed by atoms with Gasteiger partial charge in [-0.2, -0.15) is 28.1 Å². The lowest BCUT2D eigenvalue weighted by Crippen LogP contribution is -2.22. The van der Waals surface area contributed by atoms with Crippen LogP contribution in [0.4, 0.5) is 57.6 Å². The molecular formula is C24H14ClF4N9O2S2. The van der Waals surface area contributed by atoms with Gasteiger partial charge in [0, 0.05) is 6.07 Å². The zero-order valence-electron chi connectivity index (χ0n) is 20.5. The monoisotopic (exact) mass is 635 g/mol. The second kappa shape index (κ2) is 11.6. The number of rotatable bonds is 7. The number of nitro groups is 1. The SMILES string of the molecule is O=[N+]([O-])c1cccc2sc(Nc3nc(NC(=S)Nc4ccccc4F)nc(Nc4ccc(C(F)(F)F)cc4Cl)n3)nc12. The quantitative estimate of drug-likeness (QED) is 0.0611.